The summed E-state index contributed by atoms with van der Waals surface area (Å²) in [5, 5.41) is 3.34. The molecule has 92 valence electrons. The van der Waals surface area contributed by atoms with Crippen molar-refractivity contribution in [2.45, 2.75) is 17.9 Å². The Bertz CT molecular complexity index is 391. The minimum Gasteiger partial charge on any atom is -0.336 e. The summed E-state index contributed by atoms with van der Waals surface area (Å²) in [6.45, 7) is 4.59. The number of amides is 1. The summed E-state index contributed by atoms with van der Waals surface area (Å²) in [5.41, 5.74) is 0.789. The molecule has 0 bridgehead atoms. The van der Waals surface area contributed by atoms with Crippen LogP contribution in [0.4, 0.5) is 0 Å². The molecular weight excluding hydrogens is 232 g/mol. The van der Waals surface area contributed by atoms with E-state index in [2.05, 4.69) is 12.2 Å². The van der Waals surface area contributed by atoms with Gasteiger partial charge >= 0.3 is 0 Å². The number of carbonyl (C=O) groups is 1. The minimum absolute atomic E-state index is 0.144. The highest BCUT2D eigenvalue weighted by molar-refractivity contribution is 7.98. The zero-order valence-corrected chi connectivity index (χ0v) is 11.1. The number of carbonyl (C=O) groups excluding carboxylic acids is 1. The van der Waals surface area contributed by atoms with E-state index in [0.29, 0.717) is 6.04 Å². The number of nitrogens with one attached hydrogen (secondary N) is 1. The fourth-order valence-electron chi connectivity index (χ4n) is 2.03. The summed E-state index contributed by atoms with van der Waals surface area (Å²) in [4.78, 5) is 15.4. The van der Waals surface area contributed by atoms with Crippen LogP contribution in [0, 0.1) is 0 Å². The molecule has 17 heavy (non-hydrogen) atoms. The molecule has 1 aliphatic rings. The SMILES string of the molecule is CSc1ccc(C(=O)N2CCN[C@H](C)C2)cc1. The van der Waals surface area contributed by atoms with E-state index in [4.69, 9.17) is 0 Å². The zero-order chi connectivity index (χ0) is 12.3. The lowest BCUT2D eigenvalue weighted by atomic mass is 10.1. The number of piperazine rings is 1. The maximum absolute atomic E-state index is 12.2. The van der Waals surface area contributed by atoms with E-state index < -0.39 is 0 Å². The van der Waals surface area contributed by atoms with Crippen LogP contribution in [-0.2, 0) is 0 Å². The molecule has 0 radical (unpaired) electrons. The number of benzene rings is 1. The first kappa shape index (κ1) is 12.5. The lowest BCUT2D eigenvalue weighted by Gasteiger charge is -2.32. The third kappa shape index (κ3) is 3.01. The van der Waals surface area contributed by atoms with Gasteiger partial charge in [-0.2, -0.15) is 0 Å². The van der Waals surface area contributed by atoms with Crippen LogP contribution >= 0.6 is 11.8 Å². The second-order valence-corrected chi connectivity index (χ2v) is 5.21. The topological polar surface area (TPSA) is 32.3 Å². The van der Waals surface area contributed by atoms with Crippen molar-refractivity contribution in [2.75, 3.05) is 25.9 Å². The predicted octanol–water partition coefficient (Wildman–Crippen LogP) is 1.84. The summed E-state index contributed by atoms with van der Waals surface area (Å²) in [5.74, 6) is 0.144. The summed E-state index contributed by atoms with van der Waals surface area (Å²) >= 11 is 1.69. The molecule has 0 aliphatic carbocycles. The first-order chi connectivity index (χ1) is 8.20. The van der Waals surface area contributed by atoms with E-state index in [1.165, 1.54) is 4.90 Å². The van der Waals surface area contributed by atoms with Gasteiger partial charge in [0, 0.05) is 36.1 Å². The van der Waals surface area contributed by atoms with Crippen molar-refractivity contribution in [3.05, 3.63) is 29.8 Å². The number of thioether (sulfide) groups is 1. The molecule has 1 atom stereocenters. The van der Waals surface area contributed by atoms with Crippen LogP contribution in [0.25, 0.3) is 0 Å². The number of nitrogens with zero attached hydrogens (tertiary/aromatic N) is 1. The summed E-state index contributed by atoms with van der Waals surface area (Å²) in [7, 11) is 0. The Kier molecular flexibility index (Phi) is 4.07. The molecule has 4 heteroatoms. The van der Waals surface area contributed by atoms with Gasteiger partial charge in [-0.25, -0.2) is 0 Å². The largest absolute Gasteiger partial charge is 0.336 e. The van der Waals surface area contributed by atoms with Crippen molar-refractivity contribution in [3.8, 4) is 0 Å². The third-order valence-corrected chi connectivity index (χ3v) is 3.74. The van der Waals surface area contributed by atoms with Gasteiger partial charge in [0.25, 0.3) is 5.91 Å². The van der Waals surface area contributed by atoms with Gasteiger partial charge in [0.05, 0.1) is 0 Å². The van der Waals surface area contributed by atoms with Crippen molar-refractivity contribution in [2.24, 2.45) is 0 Å². The van der Waals surface area contributed by atoms with Crippen LogP contribution in [0.1, 0.15) is 17.3 Å². The van der Waals surface area contributed by atoms with Gasteiger partial charge in [-0.05, 0) is 37.4 Å². The van der Waals surface area contributed by atoms with E-state index in [1.807, 2.05) is 35.4 Å². The Balaban J connectivity index is 2.07. The van der Waals surface area contributed by atoms with Crippen molar-refractivity contribution in [1.82, 2.24) is 10.2 Å². The Hall–Kier alpha value is -1.00. The van der Waals surface area contributed by atoms with E-state index in [0.717, 1.165) is 25.2 Å². The second-order valence-electron chi connectivity index (χ2n) is 4.33. The van der Waals surface area contributed by atoms with Crippen LogP contribution in [0.3, 0.4) is 0 Å². The average molecular weight is 250 g/mol. The fourth-order valence-corrected chi connectivity index (χ4v) is 2.44. The van der Waals surface area contributed by atoms with Crippen molar-refractivity contribution in [1.29, 1.82) is 0 Å². The molecule has 1 N–H and O–H groups in total. The molecule has 1 fully saturated rings. The lowest BCUT2D eigenvalue weighted by molar-refractivity contribution is 0.0709. The lowest BCUT2D eigenvalue weighted by Crippen LogP contribution is -2.51. The van der Waals surface area contributed by atoms with Crippen LogP contribution in [0.15, 0.2) is 29.2 Å². The molecule has 1 amide bonds. The first-order valence-electron chi connectivity index (χ1n) is 5.87. The molecule has 1 aromatic rings. The Morgan fingerprint density at radius 3 is 2.71 bits per heavy atom. The maximum atomic E-state index is 12.2. The molecule has 3 nitrogen and oxygen atoms in total. The summed E-state index contributed by atoms with van der Waals surface area (Å²) in [6.07, 6.45) is 2.04. The molecule has 2 rings (SSSR count). The second kappa shape index (κ2) is 5.56. The highest BCUT2D eigenvalue weighted by Crippen LogP contribution is 2.16. The number of hydrogen-bond acceptors (Lipinski definition) is 3. The van der Waals surface area contributed by atoms with Crippen molar-refractivity contribution in [3.63, 3.8) is 0 Å². The van der Waals surface area contributed by atoms with Gasteiger partial charge < -0.3 is 10.2 Å². The molecular formula is C13H18N2OS. The van der Waals surface area contributed by atoms with E-state index in [1.54, 1.807) is 11.8 Å². The highest BCUT2D eigenvalue weighted by atomic mass is 32.2. The standard InChI is InChI=1S/C13H18N2OS/c1-10-9-15(8-7-14-10)13(16)11-3-5-12(17-2)6-4-11/h3-6,10,14H,7-9H2,1-2H3/t10-/m1/s1. The Morgan fingerprint density at radius 1 is 1.41 bits per heavy atom. The van der Waals surface area contributed by atoms with E-state index >= 15 is 0 Å². The number of hydrogen-bond donors (Lipinski definition) is 1. The molecule has 1 heterocycles. The molecule has 0 unspecified atom stereocenters. The quantitative estimate of drug-likeness (QED) is 0.813. The summed E-state index contributed by atoms with van der Waals surface area (Å²) < 4.78 is 0. The molecule has 1 aliphatic heterocycles. The molecule has 0 aromatic heterocycles. The van der Waals surface area contributed by atoms with E-state index in [9.17, 15) is 4.79 Å². The summed E-state index contributed by atoms with van der Waals surface area (Å²) in [6, 6.07) is 8.23. The highest BCUT2D eigenvalue weighted by Gasteiger charge is 2.21. The third-order valence-electron chi connectivity index (χ3n) is 2.99. The van der Waals surface area contributed by atoms with Crippen LogP contribution in [-0.4, -0.2) is 42.7 Å². The van der Waals surface area contributed by atoms with Crippen LogP contribution < -0.4 is 5.32 Å². The maximum Gasteiger partial charge on any atom is 0.253 e. The Morgan fingerprint density at radius 2 is 2.12 bits per heavy atom. The van der Waals surface area contributed by atoms with Gasteiger partial charge in [-0.1, -0.05) is 0 Å². The van der Waals surface area contributed by atoms with Crippen LogP contribution in [0.5, 0.6) is 0 Å². The normalized spacial score (nSPS) is 20.4. The molecule has 1 saturated heterocycles. The van der Waals surface area contributed by atoms with Crippen molar-refractivity contribution >= 4 is 17.7 Å². The van der Waals surface area contributed by atoms with Gasteiger partial charge in [0.2, 0.25) is 0 Å². The zero-order valence-electron chi connectivity index (χ0n) is 10.3. The van der Waals surface area contributed by atoms with Gasteiger partial charge in [0.1, 0.15) is 0 Å². The average Bonchev–Trinajstić information content (AvgIpc) is 2.38. The van der Waals surface area contributed by atoms with Crippen LogP contribution in [0.2, 0.25) is 0 Å². The van der Waals surface area contributed by atoms with E-state index in [-0.39, 0.29) is 5.91 Å². The molecule has 0 spiro atoms. The first-order valence-corrected chi connectivity index (χ1v) is 7.10. The van der Waals surface area contributed by atoms with Gasteiger partial charge in [-0.15, -0.1) is 11.8 Å². The minimum atomic E-state index is 0.144. The predicted molar refractivity (Wildman–Crippen MR) is 71.6 cm³/mol. The molecule has 0 saturated carbocycles. The fraction of sp³-hybridized carbons (Fsp3) is 0.462. The monoisotopic (exact) mass is 250 g/mol. The Labute approximate surface area is 107 Å². The van der Waals surface area contributed by atoms with Gasteiger partial charge in [0.15, 0.2) is 0 Å². The smallest absolute Gasteiger partial charge is 0.253 e. The van der Waals surface area contributed by atoms with Crippen molar-refractivity contribution < 1.29 is 4.79 Å². The van der Waals surface area contributed by atoms with Gasteiger partial charge in [-0.3, -0.25) is 4.79 Å². The molecule has 1 aromatic carbocycles. The number of rotatable bonds is 2.